The molecular formula is C17H19BrN4O3S. The topological polar surface area (TPSA) is 100 Å². The second-order valence-corrected chi connectivity index (χ2v) is 8.50. The van der Waals surface area contributed by atoms with E-state index in [-0.39, 0.29) is 22.4 Å². The maximum atomic E-state index is 12.4. The van der Waals surface area contributed by atoms with E-state index < -0.39 is 10.0 Å². The lowest BCUT2D eigenvalue weighted by Gasteiger charge is -2.11. The minimum absolute atomic E-state index is 0.0126. The van der Waals surface area contributed by atoms with Crippen LogP contribution < -0.4 is 15.4 Å². The molecule has 1 aliphatic rings. The number of rotatable bonds is 8. The van der Waals surface area contributed by atoms with E-state index in [2.05, 4.69) is 36.3 Å². The Hall–Kier alpha value is -1.97. The first kappa shape index (κ1) is 18.8. The zero-order chi connectivity index (χ0) is 18.6. The summed E-state index contributed by atoms with van der Waals surface area (Å²) in [6.07, 6.45) is 3.39. The lowest BCUT2D eigenvalue weighted by molar-refractivity contribution is 0.0954. The summed E-state index contributed by atoms with van der Waals surface area (Å²) in [6, 6.07) is 9.97. The van der Waals surface area contributed by atoms with Gasteiger partial charge in [-0.2, -0.15) is 0 Å². The molecule has 0 saturated heterocycles. The number of amides is 1. The molecule has 0 bridgehead atoms. The molecule has 1 aliphatic carbocycles. The summed E-state index contributed by atoms with van der Waals surface area (Å²) in [5.74, 6) is 0.380. The number of carbonyl (C=O) groups is 1. The molecule has 7 nitrogen and oxygen atoms in total. The Morgan fingerprint density at radius 1 is 1.19 bits per heavy atom. The molecular weight excluding hydrogens is 420 g/mol. The van der Waals surface area contributed by atoms with Crippen molar-refractivity contribution in [1.29, 1.82) is 0 Å². The predicted molar refractivity (Wildman–Crippen MR) is 103 cm³/mol. The van der Waals surface area contributed by atoms with E-state index in [0.717, 1.165) is 18.7 Å². The van der Waals surface area contributed by atoms with E-state index in [1.807, 2.05) is 18.2 Å². The maximum absolute atomic E-state index is 12.4. The Morgan fingerprint density at radius 2 is 2.00 bits per heavy atom. The van der Waals surface area contributed by atoms with Crippen LogP contribution in [0.25, 0.3) is 0 Å². The van der Waals surface area contributed by atoms with Gasteiger partial charge in [-0.3, -0.25) is 4.79 Å². The van der Waals surface area contributed by atoms with Crippen LogP contribution in [-0.4, -0.2) is 38.4 Å². The van der Waals surface area contributed by atoms with Gasteiger partial charge in [0, 0.05) is 29.8 Å². The van der Waals surface area contributed by atoms with Crippen LogP contribution >= 0.6 is 15.9 Å². The van der Waals surface area contributed by atoms with Crippen LogP contribution in [-0.2, 0) is 10.0 Å². The molecule has 138 valence electrons. The molecule has 26 heavy (non-hydrogen) atoms. The molecule has 0 spiro atoms. The third kappa shape index (κ3) is 5.03. The molecule has 0 aliphatic heterocycles. The first-order chi connectivity index (χ1) is 12.5. The number of nitrogens with one attached hydrogen (secondary N) is 3. The molecule has 1 fully saturated rings. The highest BCUT2D eigenvalue weighted by molar-refractivity contribution is 9.10. The maximum Gasteiger partial charge on any atom is 0.252 e. The minimum atomic E-state index is -3.60. The van der Waals surface area contributed by atoms with Gasteiger partial charge >= 0.3 is 0 Å². The average Bonchev–Trinajstić information content (AvgIpc) is 3.43. The second kappa shape index (κ2) is 8.15. The van der Waals surface area contributed by atoms with Crippen molar-refractivity contribution in [3.05, 3.63) is 52.6 Å². The lowest BCUT2D eigenvalue weighted by atomic mass is 10.2. The van der Waals surface area contributed by atoms with E-state index in [0.29, 0.717) is 17.6 Å². The standard InChI is InChI=1S/C17H19BrN4O3S/c18-15-7-6-13(26(24,25)22-12-4-5-12)11-14(15)17(23)21-10-9-20-16-3-1-2-8-19-16/h1-3,6-8,11-12,22H,4-5,9-10H2,(H,19,20)(H,21,23). The first-order valence-electron chi connectivity index (χ1n) is 8.21. The van der Waals surface area contributed by atoms with E-state index in [1.54, 1.807) is 12.3 Å². The third-order valence-electron chi connectivity index (χ3n) is 3.77. The molecule has 2 aromatic rings. The van der Waals surface area contributed by atoms with E-state index in [1.165, 1.54) is 12.1 Å². The van der Waals surface area contributed by atoms with Gasteiger partial charge in [-0.25, -0.2) is 18.1 Å². The summed E-state index contributed by atoms with van der Waals surface area (Å²) in [5, 5.41) is 5.85. The monoisotopic (exact) mass is 438 g/mol. The zero-order valence-electron chi connectivity index (χ0n) is 13.9. The summed E-state index contributed by atoms with van der Waals surface area (Å²) >= 11 is 3.31. The Balaban J connectivity index is 1.60. The zero-order valence-corrected chi connectivity index (χ0v) is 16.3. The van der Waals surface area contributed by atoms with Crippen molar-refractivity contribution in [2.75, 3.05) is 18.4 Å². The van der Waals surface area contributed by atoms with E-state index >= 15 is 0 Å². The normalized spacial score (nSPS) is 14.0. The summed E-state index contributed by atoms with van der Waals surface area (Å²) in [5.41, 5.74) is 0.279. The van der Waals surface area contributed by atoms with Crippen molar-refractivity contribution in [3.8, 4) is 0 Å². The number of pyridine rings is 1. The van der Waals surface area contributed by atoms with Crippen LogP contribution in [0.5, 0.6) is 0 Å². The van der Waals surface area contributed by atoms with Gasteiger partial charge < -0.3 is 10.6 Å². The molecule has 0 unspecified atom stereocenters. The molecule has 1 aromatic heterocycles. The fourth-order valence-corrected chi connectivity index (χ4v) is 4.02. The number of carbonyl (C=O) groups excluding carboxylic acids is 1. The third-order valence-corrected chi connectivity index (χ3v) is 5.98. The smallest absolute Gasteiger partial charge is 0.252 e. The average molecular weight is 439 g/mol. The number of halogens is 1. The number of hydrogen-bond donors (Lipinski definition) is 3. The molecule has 0 atom stereocenters. The van der Waals surface area contributed by atoms with Crippen LogP contribution in [0, 0.1) is 0 Å². The quantitative estimate of drug-likeness (QED) is 0.548. The molecule has 9 heteroatoms. The Labute approximate surface area is 160 Å². The van der Waals surface area contributed by atoms with Crippen LogP contribution in [0.3, 0.4) is 0 Å². The number of nitrogens with zero attached hydrogens (tertiary/aromatic N) is 1. The van der Waals surface area contributed by atoms with Gasteiger partial charge in [0.25, 0.3) is 5.91 Å². The first-order valence-corrected chi connectivity index (χ1v) is 10.5. The van der Waals surface area contributed by atoms with Gasteiger partial charge in [0.15, 0.2) is 0 Å². The molecule has 3 N–H and O–H groups in total. The van der Waals surface area contributed by atoms with Crippen molar-refractivity contribution < 1.29 is 13.2 Å². The van der Waals surface area contributed by atoms with Gasteiger partial charge in [0.1, 0.15) is 5.82 Å². The molecule has 1 saturated carbocycles. The number of benzene rings is 1. The van der Waals surface area contributed by atoms with Gasteiger partial charge in [0.2, 0.25) is 10.0 Å². The highest BCUT2D eigenvalue weighted by atomic mass is 79.9. The van der Waals surface area contributed by atoms with Crippen molar-refractivity contribution >= 4 is 37.7 Å². The largest absolute Gasteiger partial charge is 0.368 e. The van der Waals surface area contributed by atoms with Gasteiger partial charge in [0.05, 0.1) is 10.5 Å². The fraction of sp³-hybridized carbons (Fsp3) is 0.294. The Morgan fingerprint density at radius 3 is 2.69 bits per heavy atom. The highest BCUT2D eigenvalue weighted by Crippen LogP contribution is 2.25. The molecule has 0 radical (unpaired) electrons. The van der Waals surface area contributed by atoms with Gasteiger partial charge in [-0.15, -0.1) is 0 Å². The van der Waals surface area contributed by atoms with E-state index in [4.69, 9.17) is 0 Å². The van der Waals surface area contributed by atoms with Crippen molar-refractivity contribution in [3.63, 3.8) is 0 Å². The molecule has 1 aromatic carbocycles. The number of sulfonamides is 1. The summed E-state index contributed by atoms with van der Waals surface area (Å²) < 4.78 is 27.8. The summed E-state index contributed by atoms with van der Waals surface area (Å²) in [7, 11) is -3.60. The second-order valence-electron chi connectivity index (χ2n) is 5.93. The van der Waals surface area contributed by atoms with Crippen LogP contribution in [0.2, 0.25) is 0 Å². The van der Waals surface area contributed by atoms with Crippen molar-refractivity contribution in [1.82, 2.24) is 15.0 Å². The van der Waals surface area contributed by atoms with Gasteiger partial charge in [-0.1, -0.05) is 6.07 Å². The van der Waals surface area contributed by atoms with Crippen molar-refractivity contribution in [2.45, 2.75) is 23.8 Å². The summed E-state index contributed by atoms with van der Waals surface area (Å²) in [6.45, 7) is 0.876. The summed E-state index contributed by atoms with van der Waals surface area (Å²) in [4.78, 5) is 16.6. The Kier molecular flexibility index (Phi) is 5.90. The predicted octanol–water partition coefficient (Wildman–Crippen LogP) is 2.13. The van der Waals surface area contributed by atoms with Gasteiger partial charge in [-0.05, 0) is 59.1 Å². The fourth-order valence-electron chi connectivity index (χ4n) is 2.26. The molecule has 1 amide bonds. The number of aromatic nitrogens is 1. The Bertz CT molecular complexity index is 886. The number of hydrogen-bond acceptors (Lipinski definition) is 5. The highest BCUT2D eigenvalue weighted by Gasteiger charge is 2.28. The molecule has 3 rings (SSSR count). The van der Waals surface area contributed by atoms with Crippen molar-refractivity contribution in [2.24, 2.45) is 0 Å². The lowest BCUT2D eigenvalue weighted by Crippen LogP contribution is -2.30. The minimum Gasteiger partial charge on any atom is -0.368 e. The number of anilines is 1. The molecule has 1 heterocycles. The van der Waals surface area contributed by atoms with Crippen LogP contribution in [0.15, 0.2) is 52.0 Å². The van der Waals surface area contributed by atoms with Crippen LogP contribution in [0.1, 0.15) is 23.2 Å². The SMILES string of the molecule is O=C(NCCNc1ccccn1)c1cc(S(=O)(=O)NC2CC2)ccc1Br. The van der Waals surface area contributed by atoms with E-state index in [9.17, 15) is 13.2 Å². The van der Waals surface area contributed by atoms with Crippen LogP contribution in [0.4, 0.5) is 5.82 Å².